The largest absolute Gasteiger partial charge is 0.356 e. The third-order valence-electron chi connectivity index (χ3n) is 4.01. The van der Waals surface area contributed by atoms with Crippen molar-refractivity contribution in [1.82, 2.24) is 9.97 Å². The van der Waals surface area contributed by atoms with Crippen molar-refractivity contribution >= 4 is 5.82 Å². The molecule has 4 nitrogen and oxygen atoms in total. The van der Waals surface area contributed by atoms with Crippen molar-refractivity contribution in [3.63, 3.8) is 0 Å². The van der Waals surface area contributed by atoms with E-state index < -0.39 is 0 Å². The van der Waals surface area contributed by atoms with Gasteiger partial charge in [-0.2, -0.15) is 0 Å². The van der Waals surface area contributed by atoms with E-state index in [4.69, 9.17) is 5.73 Å². The molecule has 2 heterocycles. The summed E-state index contributed by atoms with van der Waals surface area (Å²) in [6.07, 6.45) is 2.88. The lowest BCUT2D eigenvalue weighted by atomic mass is 9.87. The first kappa shape index (κ1) is 13.3. The Morgan fingerprint density at radius 1 is 1.44 bits per heavy atom. The van der Waals surface area contributed by atoms with Gasteiger partial charge in [0.25, 0.3) is 0 Å². The Morgan fingerprint density at radius 2 is 2.22 bits per heavy atom. The van der Waals surface area contributed by atoms with E-state index >= 15 is 0 Å². The first-order chi connectivity index (χ1) is 8.61. The number of aromatic nitrogens is 2. The summed E-state index contributed by atoms with van der Waals surface area (Å²) in [5.74, 6) is 2.80. The maximum atomic E-state index is 5.85. The van der Waals surface area contributed by atoms with E-state index in [1.165, 1.54) is 6.42 Å². The van der Waals surface area contributed by atoms with Crippen molar-refractivity contribution < 1.29 is 0 Å². The monoisotopic (exact) mass is 248 g/mol. The summed E-state index contributed by atoms with van der Waals surface area (Å²) < 4.78 is 0. The van der Waals surface area contributed by atoms with Gasteiger partial charge in [-0.25, -0.2) is 9.97 Å². The fourth-order valence-corrected chi connectivity index (χ4v) is 2.51. The van der Waals surface area contributed by atoms with Crippen molar-refractivity contribution in [3.05, 3.63) is 18.1 Å². The van der Waals surface area contributed by atoms with Crippen LogP contribution < -0.4 is 10.6 Å². The highest BCUT2D eigenvalue weighted by molar-refractivity contribution is 5.40. The summed E-state index contributed by atoms with van der Waals surface area (Å²) in [5, 5.41) is 0. The summed E-state index contributed by atoms with van der Waals surface area (Å²) >= 11 is 0. The highest BCUT2D eigenvalue weighted by atomic mass is 15.2. The number of hydrogen-bond donors (Lipinski definition) is 1. The molecular formula is C14H24N4. The molecule has 100 valence electrons. The van der Waals surface area contributed by atoms with Crippen LogP contribution in [0.15, 0.2) is 12.4 Å². The summed E-state index contributed by atoms with van der Waals surface area (Å²) in [6.45, 7) is 9.48. The van der Waals surface area contributed by atoms with Gasteiger partial charge in [-0.3, -0.25) is 0 Å². The lowest BCUT2D eigenvalue weighted by Crippen LogP contribution is -2.43. The number of anilines is 1. The summed E-state index contributed by atoms with van der Waals surface area (Å²) in [5.41, 5.74) is 6.97. The van der Waals surface area contributed by atoms with E-state index in [1.54, 1.807) is 6.33 Å². The van der Waals surface area contributed by atoms with Crippen molar-refractivity contribution in [2.24, 2.45) is 17.6 Å². The van der Waals surface area contributed by atoms with Gasteiger partial charge in [0.05, 0.1) is 0 Å². The van der Waals surface area contributed by atoms with Crippen molar-refractivity contribution in [1.29, 1.82) is 0 Å². The van der Waals surface area contributed by atoms with E-state index in [-0.39, 0.29) is 0 Å². The Balaban J connectivity index is 2.14. The smallest absolute Gasteiger partial charge is 0.132 e. The number of nitrogens with two attached hydrogens (primary N) is 1. The third kappa shape index (κ3) is 2.80. The van der Waals surface area contributed by atoms with Gasteiger partial charge in [0.2, 0.25) is 0 Å². The number of nitrogens with zero attached hydrogens (tertiary/aromatic N) is 3. The average molecular weight is 248 g/mol. The van der Waals surface area contributed by atoms with Crippen LogP contribution in [0.5, 0.6) is 0 Å². The molecule has 1 aromatic heterocycles. The maximum absolute atomic E-state index is 5.85. The average Bonchev–Trinajstić information content (AvgIpc) is 2.39. The van der Waals surface area contributed by atoms with Crippen LogP contribution in [0.2, 0.25) is 0 Å². The molecule has 1 aliphatic heterocycles. The molecule has 0 amide bonds. The molecular weight excluding hydrogens is 224 g/mol. The first-order valence-corrected chi connectivity index (χ1v) is 6.88. The topological polar surface area (TPSA) is 55.0 Å². The molecule has 2 rings (SSSR count). The Hall–Kier alpha value is -1.16. The van der Waals surface area contributed by atoms with Gasteiger partial charge >= 0.3 is 0 Å². The molecule has 1 saturated heterocycles. The van der Waals surface area contributed by atoms with E-state index in [1.807, 2.05) is 0 Å². The second kappa shape index (κ2) is 5.65. The molecule has 1 fully saturated rings. The summed E-state index contributed by atoms with van der Waals surface area (Å²) in [6, 6.07) is 2.12. The van der Waals surface area contributed by atoms with Crippen LogP contribution in [-0.2, 0) is 0 Å². The lowest BCUT2D eigenvalue weighted by molar-refractivity contribution is 0.307. The second-order valence-electron chi connectivity index (χ2n) is 5.66. The molecule has 0 radical (unpaired) electrons. The van der Waals surface area contributed by atoms with Gasteiger partial charge in [0.1, 0.15) is 12.1 Å². The number of hydrogen-bond acceptors (Lipinski definition) is 4. The Kier molecular flexibility index (Phi) is 4.17. The normalized spacial score (nSPS) is 24.6. The van der Waals surface area contributed by atoms with Crippen LogP contribution in [0.3, 0.4) is 0 Å². The van der Waals surface area contributed by atoms with Crippen molar-refractivity contribution in [2.45, 2.75) is 33.1 Å². The molecule has 2 unspecified atom stereocenters. The zero-order chi connectivity index (χ0) is 13.1. The van der Waals surface area contributed by atoms with Crippen LogP contribution in [0.25, 0.3) is 0 Å². The standard InChI is InChI=1S/C14H24N4/c1-10(2)13-6-14(17-9-16-13)18-5-4-11(3)12(7-15)8-18/h6,9-12H,4-5,7-8,15H2,1-3H3. The molecule has 1 aromatic rings. The van der Waals surface area contributed by atoms with Gasteiger partial charge in [-0.05, 0) is 30.7 Å². The Bertz CT molecular complexity index is 391. The van der Waals surface area contributed by atoms with E-state index in [9.17, 15) is 0 Å². The fourth-order valence-electron chi connectivity index (χ4n) is 2.51. The zero-order valence-electron chi connectivity index (χ0n) is 11.6. The first-order valence-electron chi connectivity index (χ1n) is 6.88. The zero-order valence-corrected chi connectivity index (χ0v) is 11.6. The van der Waals surface area contributed by atoms with Gasteiger partial charge in [-0.1, -0.05) is 20.8 Å². The number of piperidine rings is 1. The minimum atomic E-state index is 0.445. The van der Waals surface area contributed by atoms with Gasteiger partial charge in [0, 0.05) is 24.8 Å². The molecule has 0 aliphatic carbocycles. The van der Waals surface area contributed by atoms with Crippen LogP contribution in [0, 0.1) is 11.8 Å². The highest BCUT2D eigenvalue weighted by Crippen LogP contribution is 2.26. The van der Waals surface area contributed by atoms with Crippen molar-refractivity contribution in [2.75, 3.05) is 24.5 Å². The second-order valence-corrected chi connectivity index (χ2v) is 5.66. The fraction of sp³-hybridized carbons (Fsp3) is 0.714. The molecule has 2 N–H and O–H groups in total. The minimum absolute atomic E-state index is 0.445. The van der Waals surface area contributed by atoms with Crippen LogP contribution in [0.4, 0.5) is 5.82 Å². The molecule has 1 aliphatic rings. The molecule has 18 heavy (non-hydrogen) atoms. The quantitative estimate of drug-likeness (QED) is 0.889. The number of rotatable bonds is 3. The Morgan fingerprint density at radius 3 is 2.89 bits per heavy atom. The van der Waals surface area contributed by atoms with E-state index in [0.717, 1.165) is 37.1 Å². The van der Waals surface area contributed by atoms with Crippen LogP contribution in [-0.4, -0.2) is 29.6 Å². The predicted molar refractivity (Wildman–Crippen MR) is 74.7 cm³/mol. The lowest BCUT2D eigenvalue weighted by Gasteiger charge is -2.37. The molecule has 0 aromatic carbocycles. The summed E-state index contributed by atoms with van der Waals surface area (Å²) in [4.78, 5) is 11.1. The molecule has 2 atom stereocenters. The maximum Gasteiger partial charge on any atom is 0.132 e. The summed E-state index contributed by atoms with van der Waals surface area (Å²) in [7, 11) is 0. The van der Waals surface area contributed by atoms with Gasteiger partial charge in [-0.15, -0.1) is 0 Å². The predicted octanol–water partition coefficient (Wildman–Crippen LogP) is 2.02. The minimum Gasteiger partial charge on any atom is -0.356 e. The van der Waals surface area contributed by atoms with Crippen LogP contribution in [0.1, 0.15) is 38.8 Å². The molecule has 0 spiro atoms. The van der Waals surface area contributed by atoms with Gasteiger partial charge < -0.3 is 10.6 Å². The van der Waals surface area contributed by atoms with Crippen LogP contribution >= 0.6 is 0 Å². The Labute approximate surface area is 110 Å². The molecule has 4 heteroatoms. The third-order valence-corrected chi connectivity index (χ3v) is 4.01. The highest BCUT2D eigenvalue weighted by Gasteiger charge is 2.26. The van der Waals surface area contributed by atoms with E-state index in [0.29, 0.717) is 11.8 Å². The van der Waals surface area contributed by atoms with E-state index in [2.05, 4.69) is 41.7 Å². The molecule has 0 saturated carbocycles. The SMILES string of the molecule is CC(C)c1cc(N2CCC(C)C(CN)C2)ncn1. The van der Waals surface area contributed by atoms with Crippen molar-refractivity contribution in [3.8, 4) is 0 Å². The van der Waals surface area contributed by atoms with Gasteiger partial charge in [0.15, 0.2) is 0 Å². The molecule has 0 bridgehead atoms.